The third-order valence-electron chi connectivity index (χ3n) is 5.56. The van der Waals surface area contributed by atoms with Gasteiger partial charge in [-0.05, 0) is 37.8 Å². The zero-order chi connectivity index (χ0) is 18.9. The van der Waals surface area contributed by atoms with Crippen LogP contribution in [0.25, 0.3) is 0 Å². The van der Waals surface area contributed by atoms with E-state index in [9.17, 15) is 13.2 Å². The fourth-order valence-corrected chi connectivity index (χ4v) is 5.41. The Labute approximate surface area is 160 Å². The van der Waals surface area contributed by atoms with Gasteiger partial charge in [-0.1, -0.05) is 0 Å². The van der Waals surface area contributed by atoms with Gasteiger partial charge in [0.05, 0.1) is 6.54 Å². The van der Waals surface area contributed by atoms with Crippen LogP contribution in [0.2, 0.25) is 0 Å². The van der Waals surface area contributed by atoms with E-state index in [1.54, 1.807) is 12.1 Å². The van der Waals surface area contributed by atoms with Crippen LogP contribution < -0.4 is 0 Å². The molecule has 0 bridgehead atoms. The van der Waals surface area contributed by atoms with Gasteiger partial charge in [0.1, 0.15) is 11.9 Å². The second-order valence-electron chi connectivity index (χ2n) is 7.44. The minimum absolute atomic E-state index is 0.0339. The average molecular weight is 397 g/mol. The van der Waals surface area contributed by atoms with Crippen LogP contribution in [0.5, 0.6) is 0 Å². The maximum Gasteiger partial charge on any atom is 0.276 e. The lowest BCUT2D eigenvalue weighted by Gasteiger charge is -2.35. The number of rotatable bonds is 5. The topological polar surface area (TPSA) is 83.3 Å². The van der Waals surface area contributed by atoms with Crippen LogP contribution in [-0.2, 0) is 26.1 Å². The fraction of sp³-hybridized carbons (Fsp3) is 0.722. The first-order chi connectivity index (χ1) is 13.0. The smallest absolute Gasteiger partial charge is 0.276 e. The number of hydrogen-bond acceptors (Lipinski definition) is 6. The molecule has 8 nitrogen and oxygen atoms in total. The van der Waals surface area contributed by atoms with Crippen LogP contribution in [0.4, 0.5) is 0 Å². The third kappa shape index (κ3) is 4.06. The predicted octanol–water partition coefficient (Wildman–Crippen LogP) is 0.887. The van der Waals surface area contributed by atoms with E-state index in [0.29, 0.717) is 45.1 Å². The minimum Gasteiger partial charge on any atom is -0.447 e. The van der Waals surface area contributed by atoms with Gasteiger partial charge in [0, 0.05) is 45.9 Å². The molecule has 1 aromatic rings. The summed E-state index contributed by atoms with van der Waals surface area (Å²) < 4.78 is 37.7. The Morgan fingerprint density at radius 2 is 1.78 bits per heavy atom. The molecule has 1 amide bonds. The summed E-state index contributed by atoms with van der Waals surface area (Å²) in [6.07, 6.45) is 3.32. The molecule has 4 heterocycles. The van der Waals surface area contributed by atoms with E-state index in [1.165, 1.54) is 4.31 Å². The van der Waals surface area contributed by atoms with Crippen LogP contribution in [0, 0.1) is 0 Å². The van der Waals surface area contributed by atoms with Crippen molar-refractivity contribution in [1.29, 1.82) is 0 Å². The van der Waals surface area contributed by atoms with Crippen LogP contribution in [0.3, 0.4) is 0 Å². The molecule has 0 aromatic carbocycles. The summed E-state index contributed by atoms with van der Waals surface area (Å²) in [5.74, 6) is 0.746. The van der Waals surface area contributed by atoms with Crippen molar-refractivity contribution in [1.82, 2.24) is 14.1 Å². The fourth-order valence-electron chi connectivity index (χ4n) is 3.96. The Balaban J connectivity index is 1.31. The van der Waals surface area contributed by atoms with E-state index in [1.807, 2.05) is 4.90 Å². The van der Waals surface area contributed by atoms with E-state index in [2.05, 4.69) is 4.90 Å². The van der Waals surface area contributed by atoms with Gasteiger partial charge in [0.2, 0.25) is 5.09 Å². The van der Waals surface area contributed by atoms with E-state index in [4.69, 9.17) is 9.15 Å². The number of nitrogens with zero attached hydrogens (tertiary/aromatic N) is 3. The molecule has 0 N–H and O–H groups in total. The lowest BCUT2D eigenvalue weighted by Crippen LogP contribution is -2.51. The number of sulfonamides is 1. The van der Waals surface area contributed by atoms with Gasteiger partial charge >= 0.3 is 0 Å². The number of carbonyl (C=O) groups is 1. The molecule has 1 atom stereocenters. The zero-order valence-corrected chi connectivity index (χ0v) is 16.3. The molecule has 1 unspecified atom stereocenters. The molecule has 0 saturated carbocycles. The first-order valence-corrected chi connectivity index (χ1v) is 11.2. The molecule has 3 saturated heterocycles. The van der Waals surface area contributed by atoms with Crippen molar-refractivity contribution >= 4 is 15.9 Å². The molecule has 3 aliphatic heterocycles. The number of amides is 1. The molecule has 1 aromatic heterocycles. The van der Waals surface area contributed by atoms with Crippen molar-refractivity contribution in [3.63, 3.8) is 0 Å². The molecule has 27 heavy (non-hydrogen) atoms. The molecule has 0 spiro atoms. The Bertz CT molecular complexity index is 758. The lowest BCUT2D eigenvalue weighted by atomic mass is 10.2. The summed E-state index contributed by atoms with van der Waals surface area (Å²) in [7, 11) is -3.51. The second-order valence-corrected chi connectivity index (χ2v) is 9.30. The monoisotopic (exact) mass is 397 g/mol. The van der Waals surface area contributed by atoms with Gasteiger partial charge in [-0.3, -0.25) is 9.69 Å². The molecule has 4 rings (SSSR count). The summed E-state index contributed by atoms with van der Waals surface area (Å²) >= 11 is 0. The van der Waals surface area contributed by atoms with Crippen molar-refractivity contribution < 1.29 is 22.4 Å². The van der Waals surface area contributed by atoms with Crippen molar-refractivity contribution in [3.05, 3.63) is 17.9 Å². The Kier molecular flexibility index (Phi) is 5.54. The molecule has 0 aliphatic carbocycles. The highest BCUT2D eigenvalue weighted by molar-refractivity contribution is 7.89. The first-order valence-electron chi connectivity index (χ1n) is 9.76. The molecule has 3 fully saturated rings. The third-order valence-corrected chi connectivity index (χ3v) is 7.34. The van der Waals surface area contributed by atoms with Crippen LogP contribution in [0.15, 0.2) is 21.6 Å². The van der Waals surface area contributed by atoms with E-state index in [0.717, 1.165) is 38.8 Å². The summed E-state index contributed by atoms with van der Waals surface area (Å²) in [5, 5.41) is 0.0339. The maximum atomic E-state index is 12.5. The number of ether oxygens (including phenoxy) is 1. The SMILES string of the molecule is O=C(C1CCCO1)N1CCN(Cc2ccc(S(=O)(=O)N3CCCC3)o2)CC1. The summed E-state index contributed by atoms with van der Waals surface area (Å²) in [5.41, 5.74) is 0. The number of furan rings is 1. The standard InChI is InChI=1S/C18H27N3O5S/c22-18(16-4-3-13-25-16)20-11-9-19(10-12-20)14-15-5-6-17(26-15)27(23,24)21-7-1-2-8-21/h5-6,16H,1-4,7-14H2. The Morgan fingerprint density at radius 3 is 2.44 bits per heavy atom. The second kappa shape index (κ2) is 7.90. The van der Waals surface area contributed by atoms with Gasteiger partial charge in [0.25, 0.3) is 15.9 Å². The largest absolute Gasteiger partial charge is 0.447 e. The molecular weight excluding hydrogens is 370 g/mol. The highest BCUT2D eigenvalue weighted by Crippen LogP contribution is 2.23. The first kappa shape index (κ1) is 18.9. The highest BCUT2D eigenvalue weighted by Gasteiger charge is 2.32. The number of carbonyl (C=O) groups excluding carboxylic acids is 1. The number of hydrogen-bond donors (Lipinski definition) is 0. The van der Waals surface area contributed by atoms with E-state index < -0.39 is 10.0 Å². The van der Waals surface area contributed by atoms with Gasteiger partial charge in [-0.25, -0.2) is 8.42 Å². The summed E-state index contributed by atoms with van der Waals surface area (Å²) in [6, 6.07) is 3.30. The number of piperazine rings is 1. The Morgan fingerprint density at radius 1 is 1.04 bits per heavy atom. The van der Waals surface area contributed by atoms with Crippen LogP contribution >= 0.6 is 0 Å². The molecular formula is C18H27N3O5S. The molecule has 9 heteroatoms. The zero-order valence-electron chi connectivity index (χ0n) is 15.5. The summed E-state index contributed by atoms with van der Waals surface area (Å²) in [4.78, 5) is 16.5. The summed E-state index contributed by atoms with van der Waals surface area (Å²) in [6.45, 7) is 5.19. The van der Waals surface area contributed by atoms with E-state index in [-0.39, 0.29) is 17.1 Å². The van der Waals surface area contributed by atoms with Crippen molar-refractivity contribution in [2.45, 2.75) is 43.4 Å². The van der Waals surface area contributed by atoms with Crippen molar-refractivity contribution in [2.24, 2.45) is 0 Å². The lowest BCUT2D eigenvalue weighted by molar-refractivity contribution is -0.142. The quantitative estimate of drug-likeness (QED) is 0.734. The molecule has 150 valence electrons. The van der Waals surface area contributed by atoms with E-state index >= 15 is 0 Å². The van der Waals surface area contributed by atoms with Gasteiger partial charge in [0.15, 0.2) is 0 Å². The van der Waals surface area contributed by atoms with Gasteiger partial charge in [-0.2, -0.15) is 4.31 Å². The maximum absolute atomic E-state index is 12.5. The van der Waals surface area contributed by atoms with Gasteiger partial charge < -0.3 is 14.1 Å². The minimum atomic E-state index is -3.51. The predicted molar refractivity (Wildman–Crippen MR) is 97.5 cm³/mol. The normalized spacial score (nSPS) is 25.3. The van der Waals surface area contributed by atoms with Crippen molar-refractivity contribution in [3.8, 4) is 0 Å². The van der Waals surface area contributed by atoms with Crippen molar-refractivity contribution in [2.75, 3.05) is 45.9 Å². The molecule has 0 radical (unpaired) electrons. The molecule has 3 aliphatic rings. The van der Waals surface area contributed by atoms with Crippen LogP contribution in [-0.4, -0.2) is 80.4 Å². The van der Waals surface area contributed by atoms with Gasteiger partial charge in [-0.15, -0.1) is 0 Å². The van der Waals surface area contributed by atoms with Crippen LogP contribution in [0.1, 0.15) is 31.4 Å². The average Bonchev–Trinajstić information content (AvgIpc) is 3.43. The Hall–Kier alpha value is -1.42. The highest BCUT2D eigenvalue weighted by atomic mass is 32.2.